The summed E-state index contributed by atoms with van der Waals surface area (Å²) < 4.78 is 4.20. The normalized spacial score (nSPS) is 12.8. The lowest BCUT2D eigenvalue weighted by molar-refractivity contribution is -0.110. The molecule has 0 aliphatic heterocycles. The number of ketones is 1. The Morgan fingerprint density at radius 2 is 1.25 bits per heavy atom. The van der Waals surface area contributed by atoms with Crippen LogP contribution in [-0.4, -0.2) is 24.9 Å². The monoisotopic (exact) mass is 378 g/mol. The van der Waals surface area contributed by atoms with Crippen LogP contribution in [0.4, 0.5) is 0 Å². The van der Waals surface area contributed by atoms with Crippen molar-refractivity contribution in [1.29, 1.82) is 0 Å². The van der Waals surface area contributed by atoms with Crippen molar-refractivity contribution >= 4 is 17.9 Å². The maximum atomic E-state index is 11.9. The molecule has 0 bridgehead atoms. The first-order chi connectivity index (χ1) is 13.5. The van der Waals surface area contributed by atoms with Crippen molar-refractivity contribution in [2.24, 2.45) is 11.8 Å². The van der Waals surface area contributed by atoms with Gasteiger partial charge in [0.05, 0.1) is 0 Å². The van der Waals surface area contributed by atoms with Crippen LogP contribution >= 0.6 is 0 Å². The molecule has 0 fully saturated rings. The molecule has 2 heterocycles. The summed E-state index contributed by atoms with van der Waals surface area (Å²) in [5.74, 6) is 2.83. The smallest absolute Gasteiger partial charge is 0.178 e. The Labute approximate surface area is 167 Å². The molecule has 0 N–H and O–H groups in total. The highest BCUT2D eigenvalue weighted by atomic mass is 16.1. The Kier molecular flexibility index (Phi) is 8.40. The summed E-state index contributed by atoms with van der Waals surface area (Å²) in [5, 5.41) is 0. The number of hydrogen-bond acceptors (Lipinski definition) is 3. The van der Waals surface area contributed by atoms with E-state index in [1.165, 1.54) is 12.2 Å². The average molecular weight is 379 g/mol. The van der Waals surface area contributed by atoms with E-state index in [0.29, 0.717) is 11.8 Å². The number of hydrogen-bond donors (Lipinski definition) is 0. The molecule has 2 aromatic heterocycles. The largest absolute Gasteiger partial charge is 0.331 e. The highest BCUT2D eigenvalue weighted by molar-refractivity contribution is 5.99. The minimum Gasteiger partial charge on any atom is -0.331 e. The van der Waals surface area contributed by atoms with Crippen molar-refractivity contribution < 1.29 is 4.79 Å². The molecule has 28 heavy (non-hydrogen) atoms. The van der Waals surface area contributed by atoms with Crippen LogP contribution in [0.3, 0.4) is 0 Å². The second-order valence-electron chi connectivity index (χ2n) is 7.50. The molecule has 0 unspecified atom stereocenters. The minimum atomic E-state index is -0.0645. The van der Waals surface area contributed by atoms with E-state index in [4.69, 9.17) is 0 Å². The summed E-state index contributed by atoms with van der Waals surface area (Å²) in [7, 11) is 0. The van der Waals surface area contributed by atoms with Gasteiger partial charge in [-0.15, -0.1) is 0 Å². The summed E-state index contributed by atoms with van der Waals surface area (Å²) in [6.45, 7) is 10.5. The number of allylic oxidation sites excluding steroid dienone is 6. The zero-order valence-corrected chi connectivity index (χ0v) is 17.2. The van der Waals surface area contributed by atoms with Gasteiger partial charge in [-0.1, -0.05) is 52.0 Å². The van der Waals surface area contributed by atoms with Gasteiger partial charge in [0.25, 0.3) is 0 Å². The van der Waals surface area contributed by atoms with Crippen molar-refractivity contribution in [1.82, 2.24) is 19.1 Å². The van der Waals surface area contributed by atoms with Gasteiger partial charge in [-0.2, -0.15) is 0 Å². The fourth-order valence-corrected chi connectivity index (χ4v) is 2.69. The third-order valence-electron chi connectivity index (χ3n) is 3.85. The summed E-state index contributed by atoms with van der Waals surface area (Å²) in [5.41, 5.74) is 0. The van der Waals surface area contributed by atoms with Crippen LogP contribution in [0, 0.1) is 11.8 Å². The van der Waals surface area contributed by atoms with Crippen LogP contribution in [0.2, 0.25) is 0 Å². The van der Waals surface area contributed by atoms with Gasteiger partial charge < -0.3 is 9.13 Å². The number of carbonyl (C=O) groups is 1. The standard InChI is InChI=1S/C23H30N4O/c1-19(2)17-26-15-13-24-22(26)11-7-5-9-21(28)10-6-8-12-23-25-14-16-27(23)18-20(3)4/h5-16,19-20H,17-18H2,1-4H3/b9-5+,10-6+,11-7+,12-8+. The third-order valence-corrected chi connectivity index (χ3v) is 3.85. The van der Waals surface area contributed by atoms with Crippen LogP contribution in [0.15, 0.2) is 61.2 Å². The lowest BCUT2D eigenvalue weighted by Gasteiger charge is -2.07. The van der Waals surface area contributed by atoms with Crippen molar-refractivity contribution in [2.75, 3.05) is 0 Å². The van der Waals surface area contributed by atoms with Gasteiger partial charge in [-0.25, -0.2) is 9.97 Å². The van der Waals surface area contributed by atoms with E-state index in [-0.39, 0.29) is 5.78 Å². The Bertz CT molecular complexity index is 793. The summed E-state index contributed by atoms with van der Waals surface area (Å²) in [6, 6.07) is 0. The molecule has 0 aromatic carbocycles. The van der Waals surface area contributed by atoms with Crippen LogP contribution < -0.4 is 0 Å². The van der Waals surface area contributed by atoms with Gasteiger partial charge in [-0.05, 0) is 36.1 Å². The van der Waals surface area contributed by atoms with Crippen LogP contribution in [0.1, 0.15) is 39.3 Å². The van der Waals surface area contributed by atoms with Crippen molar-refractivity contribution in [3.63, 3.8) is 0 Å². The van der Waals surface area contributed by atoms with Gasteiger partial charge in [0.1, 0.15) is 11.6 Å². The van der Waals surface area contributed by atoms with E-state index < -0.39 is 0 Å². The zero-order valence-electron chi connectivity index (χ0n) is 17.2. The van der Waals surface area contributed by atoms with Crippen LogP contribution in [0.5, 0.6) is 0 Å². The van der Waals surface area contributed by atoms with Gasteiger partial charge in [0, 0.05) is 37.9 Å². The van der Waals surface area contributed by atoms with E-state index in [1.807, 2.05) is 36.7 Å². The molecular formula is C23H30N4O. The van der Waals surface area contributed by atoms with Crippen LogP contribution in [-0.2, 0) is 17.9 Å². The van der Waals surface area contributed by atoms with E-state index in [0.717, 1.165) is 24.7 Å². The van der Waals surface area contributed by atoms with Crippen molar-refractivity contribution in [3.05, 3.63) is 72.9 Å². The van der Waals surface area contributed by atoms with E-state index in [9.17, 15) is 4.79 Å². The van der Waals surface area contributed by atoms with Crippen molar-refractivity contribution in [3.8, 4) is 0 Å². The molecule has 0 amide bonds. The molecule has 5 heteroatoms. The Hall–Kier alpha value is -2.95. The molecule has 0 atom stereocenters. The summed E-state index contributed by atoms with van der Waals surface area (Å²) in [6.07, 6.45) is 21.6. The topological polar surface area (TPSA) is 52.7 Å². The molecule has 5 nitrogen and oxygen atoms in total. The molecule has 2 rings (SSSR count). The second kappa shape index (κ2) is 11.0. The van der Waals surface area contributed by atoms with Crippen molar-refractivity contribution in [2.45, 2.75) is 40.8 Å². The third kappa shape index (κ3) is 7.35. The van der Waals surface area contributed by atoms with Gasteiger partial charge in [0.2, 0.25) is 0 Å². The first-order valence-corrected chi connectivity index (χ1v) is 9.71. The lowest BCUT2D eigenvalue weighted by Crippen LogP contribution is -2.04. The Balaban J connectivity index is 1.85. The number of rotatable bonds is 10. The molecule has 0 saturated heterocycles. The van der Waals surface area contributed by atoms with Gasteiger partial charge >= 0.3 is 0 Å². The molecule has 148 valence electrons. The quantitative estimate of drug-likeness (QED) is 0.441. The first-order valence-electron chi connectivity index (χ1n) is 9.71. The average Bonchev–Trinajstić information content (AvgIpc) is 3.24. The first kappa shape index (κ1) is 21.4. The molecular weight excluding hydrogens is 348 g/mol. The SMILES string of the molecule is CC(C)Cn1ccnc1/C=C/C=C/C(=O)/C=C/C=C/c1nccn1CC(C)C. The van der Waals surface area contributed by atoms with E-state index in [2.05, 4.69) is 46.8 Å². The number of nitrogens with zero attached hydrogens (tertiary/aromatic N) is 4. The fourth-order valence-electron chi connectivity index (χ4n) is 2.69. The van der Waals surface area contributed by atoms with E-state index in [1.54, 1.807) is 24.5 Å². The molecule has 0 aliphatic carbocycles. The number of aromatic nitrogens is 4. The highest BCUT2D eigenvalue weighted by Gasteiger charge is 2.01. The molecule has 0 aliphatic rings. The molecule has 0 spiro atoms. The fraction of sp³-hybridized carbons (Fsp3) is 0.348. The number of imidazole rings is 2. The zero-order chi connectivity index (χ0) is 20.4. The molecule has 2 aromatic rings. The minimum absolute atomic E-state index is 0.0645. The van der Waals surface area contributed by atoms with E-state index >= 15 is 0 Å². The second-order valence-corrected chi connectivity index (χ2v) is 7.50. The molecule has 0 saturated carbocycles. The lowest BCUT2D eigenvalue weighted by atomic mass is 10.2. The number of carbonyl (C=O) groups excluding carboxylic acids is 1. The molecule has 0 radical (unpaired) electrons. The maximum absolute atomic E-state index is 11.9. The summed E-state index contributed by atoms with van der Waals surface area (Å²) in [4.78, 5) is 20.6. The van der Waals surface area contributed by atoms with Crippen LogP contribution in [0.25, 0.3) is 12.2 Å². The predicted octanol–water partition coefficient (Wildman–Crippen LogP) is 4.80. The Morgan fingerprint density at radius 1 is 0.821 bits per heavy atom. The van der Waals surface area contributed by atoms with Gasteiger partial charge in [-0.3, -0.25) is 4.79 Å². The Morgan fingerprint density at radius 3 is 1.64 bits per heavy atom. The highest BCUT2D eigenvalue weighted by Crippen LogP contribution is 2.06. The predicted molar refractivity (Wildman–Crippen MR) is 115 cm³/mol. The van der Waals surface area contributed by atoms with Gasteiger partial charge in [0.15, 0.2) is 5.78 Å². The maximum Gasteiger partial charge on any atom is 0.178 e. The summed E-state index contributed by atoms with van der Waals surface area (Å²) >= 11 is 0.